The molecule has 46 heavy (non-hydrogen) atoms. The molecule has 0 unspecified atom stereocenters. The van der Waals surface area contributed by atoms with Gasteiger partial charge in [0.15, 0.2) is 0 Å². The molecule has 3 atom stereocenters. The maximum Gasteiger partial charge on any atom is 0.420 e. The van der Waals surface area contributed by atoms with E-state index in [0.717, 1.165) is 5.56 Å². The lowest BCUT2D eigenvalue weighted by Gasteiger charge is -2.30. The van der Waals surface area contributed by atoms with Gasteiger partial charge in [0.1, 0.15) is 31.9 Å². The van der Waals surface area contributed by atoms with Gasteiger partial charge in [-0.15, -0.1) is 0 Å². The number of carbonyl (C=O) groups excluding carboxylic acids is 4. The van der Waals surface area contributed by atoms with Crippen LogP contribution in [0.4, 0.5) is 9.59 Å². The first-order chi connectivity index (χ1) is 22.4. The van der Waals surface area contributed by atoms with E-state index in [1.54, 1.807) is 55.5 Å². The van der Waals surface area contributed by atoms with Gasteiger partial charge >= 0.3 is 18.2 Å². The van der Waals surface area contributed by atoms with E-state index in [2.05, 4.69) is 15.3 Å². The third-order valence-electron chi connectivity index (χ3n) is 7.37. The Balaban J connectivity index is 1.60. The summed E-state index contributed by atoms with van der Waals surface area (Å²) in [5.74, 6) is -1.75. The summed E-state index contributed by atoms with van der Waals surface area (Å²) in [7, 11) is 0. The van der Waals surface area contributed by atoms with Crippen molar-refractivity contribution in [3.63, 3.8) is 0 Å². The Morgan fingerprint density at radius 1 is 0.761 bits per heavy atom. The number of benzene rings is 3. The Hall–Kier alpha value is -5.45. The fourth-order valence-corrected chi connectivity index (χ4v) is 4.55. The number of hydrogen-bond acceptors (Lipinski definition) is 8. The minimum Gasteiger partial charge on any atom is -0.459 e. The van der Waals surface area contributed by atoms with Crippen LogP contribution in [0.15, 0.2) is 104 Å². The van der Waals surface area contributed by atoms with Crippen molar-refractivity contribution in [2.24, 2.45) is 5.92 Å². The first-order valence-electron chi connectivity index (χ1n) is 15.0. The second kappa shape index (κ2) is 17.1. The van der Waals surface area contributed by atoms with Crippen LogP contribution in [-0.2, 0) is 50.0 Å². The minimum absolute atomic E-state index is 0.0177. The standard InChI is InChI=1S/C35H38N4O7/c1-3-25(2)31(33(41)44-21-26-13-7-4-8-14-26)38-32(40)30(19-29-20-36-24-37-29)39(34(42)45-22-27-15-9-5-10-16-27)35(43)46-23-28-17-11-6-12-18-28/h4-18,20,24-25,30-31H,3,19,21-23H2,1-2H3,(H,36,37)(H,38,40)/t25-,30+,31+/m0/s1. The number of esters is 1. The molecule has 11 heteroatoms. The molecule has 2 N–H and O–H groups in total. The molecule has 3 aromatic carbocycles. The molecule has 11 nitrogen and oxygen atoms in total. The van der Waals surface area contributed by atoms with E-state index in [9.17, 15) is 19.2 Å². The molecule has 0 radical (unpaired) electrons. The number of imidazole rings is 1. The zero-order valence-corrected chi connectivity index (χ0v) is 25.8. The summed E-state index contributed by atoms with van der Waals surface area (Å²) in [6.07, 6.45) is 1.10. The maximum atomic E-state index is 14.1. The number of aromatic amines is 1. The van der Waals surface area contributed by atoms with Crippen molar-refractivity contribution in [2.45, 2.75) is 58.6 Å². The van der Waals surface area contributed by atoms with Gasteiger partial charge in [-0.2, -0.15) is 4.90 Å². The van der Waals surface area contributed by atoms with Crippen molar-refractivity contribution in [3.05, 3.63) is 126 Å². The molecule has 240 valence electrons. The van der Waals surface area contributed by atoms with Gasteiger partial charge in [-0.25, -0.2) is 19.4 Å². The van der Waals surface area contributed by atoms with Crippen molar-refractivity contribution in [1.29, 1.82) is 0 Å². The van der Waals surface area contributed by atoms with Gasteiger partial charge in [-0.3, -0.25) is 4.79 Å². The van der Waals surface area contributed by atoms with E-state index in [4.69, 9.17) is 14.2 Å². The van der Waals surface area contributed by atoms with Gasteiger partial charge < -0.3 is 24.5 Å². The molecule has 4 aromatic rings. The highest BCUT2D eigenvalue weighted by Crippen LogP contribution is 2.17. The minimum atomic E-state index is -1.47. The zero-order chi connectivity index (χ0) is 32.7. The first kappa shape index (κ1) is 33.4. The summed E-state index contributed by atoms with van der Waals surface area (Å²) < 4.78 is 16.6. The second-order valence-corrected chi connectivity index (χ2v) is 10.7. The van der Waals surface area contributed by atoms with Crippen LogP contribution in [0.5, 0.6) is 0 Å². The Kier molecular flexibility index (Phi) is 12.5. The topological polar surface area (TPSA) is 140 Å². The lowest BCUT2D eigenvalue weighted by Crippen LogP contribution is -2.57. The van der Waals surface area contributed by atoms with Gasteiger partial charge in [-0.05, 0) is 22.6 Å². The van der Waals surface area contributed by atoms with Crippen molar-refractivity contribution >= 4 is 24.1 Å². The molecule has 1 aromatic heterocycles. The number of nitrogens with one attached hydrogen (secondary N) is 2. The van der Waals surface area contributed by atoms with Crippen LogP contribution in [0, 0.1) is 5.92 Å². The monoisotopic (exact) mass is 626 g/mol. The molecule has 0 saturated carbocycles. The van der Waals surface area contributed by atoms with E-state index in [1.807, 2.05) is 49.4 Å². The average molecular weight is 627 g/mol. The molecule has 4 rings (SSSR count). The summed E-state index contributed by atoms with van der Waals surface area (Å²) in [4.78, 5) is 62.2. The predicted molar refractivity (Wildman–Crippen MR) is 169 cm³/mol. The number of hydrogen-bond donors (Lipinski definition) is 2. The molecule has 0 aliphatic heterocycles. The highest BCUT2D eigenvalue weighted by atomic mass is 16.6. The van der Waals surface area contributed by atoms with Crippen molar-refractivity contribution in [1.82, 2.24) is 20.2 Å². The Bertz CT molecular complexity index is 1480. The number of rotatable bonds is 14. The molecular formula is C35H38N4O7. The van der Waals surface area contributed by atoms with E-state index in [-0.39, 0.29) is 32.2 Å². The van der Waals surface area contributed by atoms with Crippen LogP contribution in [0.25, 0.3) is 0 Å². The molecule has 0 aliphatic carbocycles. The fraction of sp³-hybridized carbons (Fsp3) is 0.286. The quantitative estimate of drug-likeness (QED) is 0.137. The second-order valence-electron chi connectivity index (χ2n) is 10.7. The van der Waals surface area contributed by atoms with Gasteiger partial charge in [0.25, 0.3) is 0 Å². The average Bonchev–Trinajstić information content (AvgIpc) is 3.61. The number of amides is 3. The number of H-pyrrole nitrogens is 1. The molecule has 0 spiro atoms. The smallest absolute Gasteiger partial charge is 0.420 e. The largest absolute Gasteiger partial charge is 0.459 e. The summed E-state index contributed by atoms with van der Waals surface area (Å²) in [6, 6.07) is 24.5. The summed E-state index contributed by atoms with van der Waals surface area (Å²) in [6.45, 7) is 3.40. The van der Waals surface area contributed by atoms with Crippen molar-refractivity contribution in [3.8, 4) is 0 Å². The number of aromatic nitrogens is 2. The Morgan fingerprint density at radius 3 is 1.67 bits per heavy atom. The van der Waals surface area contributed by atoms with Gasteiger partial charge in [0.05, 0.1) is 6.33 Å². The van der Waals surface area contributed by atoms with Crippen LogP contribution in [0.1, 0.15) is 42.7 Å². The Morgan fingerprint density at radius 2 is 1.24 bits per heavy atom. The third-order valence-corrected chi connectivity index (χ3v) is 7.37. The van der Waals surface area contributed by atoms with Crippen LogP contribution in [0.2, 0.25) is 0 Å². The number of carbonyl (C=O) groups is 4. The third kappa shape index (κ3) is 9.78. The Labute approximate surface area is 267 Å². The number of nitrogens with zero attached hydrogens (tertiary/aromatic N) is 2. The molecule has 3 amide bonds. The van der Waals surface area contributed by atoms with Crippen LogP contribution in [0.3, 0.4) is 0 Å². The van der Waals surface area contributed by atoms with E-state index >= 15 is 0 Å². The highest BCUT2D eigenvalue weighted by Gasteiger charge is 2.40. The van der Waals surface area contributed by atoms with Crippen LogP contribution >= 0.6 is 0 Å². The zero-order valence-electron chi connectivity index (χ0n) is 25.8. The van der Waals surface area contributed by atoms with Crippen molar-refractivity contribution < 1.29 is 33.4 Å². The van der Waals surface area contributed by atoms with Crippen LogP contribution in [-0.4, -0.2) is 51.0 Å². The van der Waals surface area contributed by atoms with E-state index < -0.39 is 36.1 Å². The lowest BCUT2D eigenvalue weighted by atomic mass is 9.98. The molecule has 0 bridgehead atoms. The summed E-state index contributed by atoms with van der Waals surface area (Å²) in [5, 5.41) is 2.75. The number of imide groups is 1. The highest BCUT2D eigenvalue weighted by molar-refractivity contribution is 5.97. The molecule has 0 saturated heterocycles. The summed E-state index contributed by atoms with van der Waals surface area (Å²) >= 11 is 0. The van der Waals surface area contributed by atoms with Gasteiger partial charge in [0.2, 0.25) is 5.91 Å². The number of ether oxygens (including phenoxy) is 3. The first-order valence-corrected chi connectivity index (χ1v) is 15.0. The SMILES string of the molecule is CC[C@H](C)[C@@H](NC(=O)[C@@H](Cc1cnc[nH]1)N(C(=O)OCc1ccccc1)C(=O)OCc1ccccc1)C(=O)OCc1ccccc1. The predicted octanol–water partition coefficient (Wildman–Crippen LogP) is 5.57. The van der Waals surface area contributed by atoms with Crippen molar-refractivity contribution in [2.75, 3.05) is 0 Å². The fourth-order valence-electron chi connectivity index (χ4n) is 4.55. The molecule has 0 aliphatic rings. The van der Waals surface area contributed by atoms with E-state index in [1.165, 1.54) is 12.5 Å². The molecule has 0 fully saturated rings. The normalized spacial score (nSPS) is 12.7. The van der Waals surface area contributed by atoms with Gasteiger partial charge in [-0.1, -0.05) is 111 Å². The maximum absolute atomic E-state index is 14.1. The van der Waals surface area contributed by atoms with Crippen LogP contribution < -0.4 is 5.32 Å². The van der Waals surface area contributed by atoms with E-state index in [0.29, 0.717) is 28.1 Å². The lowest BCUT2D eigenvalue weighted by molar-refractivity contribution is -0.151. The molecular weight excluding hydrogens is 588 g/mol. The van der Waals surface area contributed by atoms with Gasteiger partial charge in [0, 0.05) is 18.3 Å². The summed E-state index contributed by atoms with van der Waals surface area (Å²) in [5.41, 5.74) is 2.61. The molecule has 1 heterocycles.